The highest BCUT2D eigenvalue weighted by atomic mass is 16.5. The molecule has 1 aromatic heterocycles. The summed E-state index contributed by atoms with van der Waals surface area (Å²) in [4.78, 5) is 4.35. The molecule has 4 nitrogen and oxygen atoms in total. The molecular weight excluding hydrogens is 214 g/mol. The number of ether oxygens (including phenoxy) is 1. The lowest BCUT2D eigenvalue weighted by Gasteiger charge is -2.09. The van der Waals surface area contributed by atoms with Crippen molar-refractivity contribution in [3.8, 4) is 0 Å². The molecule has 0 aliphatic carbocycles. The summed E-state index contributed by atoms with van der Waals surface area (Å²) < 4.78 is 5.47. The number of nitrogen functional groups attached to an aromatic ring is 1. The van der Waals surface area contributed by atoms with E-state index in [1.807, 2.05) is 19.1 Å². The van der Waals surface area contributed by atoms with E-state index >= 15 is 0 Å². The van der Waals surface area contributed by atoms with E-state index in [1.54, 1.807) is 0 Å². The second kappa shape index (κ2) is 7.12. The van der Waals surface area contributed by atoms with E-state index in [-0.39, 0.29) is 0 Å². The van der Waals surface area contributed by atoms with Gasteiger partial charge in [0.05, 0.1) is 17.5 Å². The number of aromatic nitrogens is 1. The molecule has 0 spiro atoms. The van der Waals surface area contributed by atoms with Crippen molar-refractivity contribution in [2.45, 2.75) is 39.7 Å². The molecule has 0 aliphatic heterocycles. The lowest BCUT2D eigenvalue weighted by atomic mass is 10.3. The lowest BCUT2D eigenvalue weighted by Crippen LogP contribution is -2.08. The summed E-state index contributed by atoms with van der Waals surface area (Å²) in [6, 6.07) is 3.79. The lowest BCUT2D eigenvalue weighted by molar-refractivity contribution is 0.0765. The fourth-order valence-corrected chi connectivity index (χ4v) is 1.43. The first-order valence-corrected chi connectivity index (χ1v) is 6.18. The Balaban J connectivity index is 2.16. The summed E-state index contributed by atoms with van der Waals surface area (Å²) in [7, 11) is 0. The van der Waals surface area contributed by atoms with Gasteiger partial charge in [0, 0.05) is 13.2 Å². The molecule has 1 heterocycles. The highest BCUT2D eigenvalue weighted by molar-refractivity contribution is 5.48. The number of rotatable bonds is 7. The summed E-state index contributed by atoms with van der Waals surface area (Å²) in [5.41, 5.74) is 7.31. The van der Waals surface area contributed by atoms with Gasteiger partial charge in [-0.3, -0.25) is 0 Å². The van der Waals surface area contributed by atoms with Gasteiger partial charge in [0.25, 0.3) is 0 Å². The zero-order chi connectivity index (χ0) is 12.7. The molecular formula is C13H23N3O. The van der Waals surface area contributed by atoms with Gasteiger partial charge < -0.3 is 15.8 Å². The molecule has 0 saturated heterocycles. The zero-order valence-electron chi connectivity index (χ0n) is 11.0. The molecule has 0 radical (unpaired) electrons. The normalized spacial score (nSPS) is 10.8. The van der Waals surface area contributed by atoms with Gasteiger partial charge in [0.1, 0.15) is 5.82 Å². The molecule has 1 aromatic rings. The van der Waals surface area contributed by atoms with Crippen molar-refractivity contribution in [3.63, 3.8) is 0 Å². The number of aryl methyl sites for hydroxylation is 1. The van der Waals surface area contributed by atoms with E-state index in [9.17, 15) is 0 Å². The van der Waals surface area contributed by atoms with E-state index in [0.717, 1.165) is 43.2 Å². The number of anilines is 2. The SMILES string of the molecule is Cc1nc(NCCCCOC(C)C)ccc1N. The van der Waals surface area contributed by atoms with Crippen molar-refractivity contribution < 1.29 is 4.74 Å². The van der Waals surface area contributed by atoms with Crippen LogP contribution in [-0.2, 0) is 4.74 Å². The Bertz CT molecular complexity index is 339. The molecule has 4 heteroatoms. The van der Waals surface area contributed by atoms with Crippen LogP contribution in [0, 0.1) is 6.92 Å². The highest BCUT2D eigenvalue weighted by Gasteiger charge is 1.98. The fourth-order valence-electron chi connectivity index (χ4n) is 1.43. The monoisotopic (exact) mass is 237 g/mol. The maximum Gasteiger partial charge on any atom is 0.126 e. The van der Waals surface area contributed by atoms with Gasteiger partial charge in [0.15, 0.2) is 0 Å². The zero-order valence-corrected chi connectivity index (χ0v) is 11.0. The van der Waals surface area contributed by atoms with Crippen LogP contribution in [0.3, 0.4) is 0 Å². The summed E-state index contributed by atoms with van der Waals surface area (Å²) in [5.74, 6) is 0.890. The van der Waals surface area contributed by atoms with Gasteiger partial charge in [-0.2, -0.15) is 0 Å². The van der Waals surface area contributed by atoms with Crippen molar-refractivity contribution in [1.29, 1.82) is 0 Å². The van der Waals surface area contributed by atoms with Crippen LogP contribution < -0.4 is 11.1 Å². The molecule has 0 fully saturated rings. The minimum absolute atomic E-state index is 0.323. The van der Waals surface area contributed by atoms with Gasteiger partial charge in [-0.05, 0) is 45.7 Å². The van der Waals surface area contributed by atoms with E-state index in [2.05, 4.69) is 24.1 Å². The van der Waals surface area contributed by atoms with Crippen LogP contribution in [0.25, 0.3) is 0 Å². The molecule has 96 valence electrons. The Morgan fingerprint density at radius 3 is 2.76 bits per heavy atom. The van der Waals surface area contributed by atoms with Crippen molar-refractivity contribution in [3.05, 3.63) is 17.8 Å². The largest absolute Gasteiger partial charge is 0.397 e. The molecule has 0 unspecified atom stereocenters. The maximum absolute atomic E-state index is 5.70. The van der Waals surface area contributed by atoms with Crippen LogP contribution in [0.5, 0.6) is 0 Å². The molecule has 0 bridgehead atoms. The van der Waals surface area contributed by atoms with E-state index < -0.39 is 0 Å². The first-order valence-electron chi connectivity index (χ1n) is 6.18. The summed E-state index contributed by atoms with van der Waals surface area (Å²) in [6.07, 6.45) is 2.47. The number of pyridine rings is 1. The van der Waals surface area contributed by atoms with Gasteiger partial charge in [-0.25, -0.2) is 4.98 Å². The second-order valence-electron chi connectivity index (χ2n) is 4.42. The number of hydrogen-bond acceptors (Lipinski definition) is 4. The third kappa shape index (κ3) is 5.54. The predicted octanol–water partition coefficient (Wildman–Crippen LogP) is 2.59. The molecule has 0 aromatic carbocycles. The predicted molar refractivity (Wildman–Crippen MR) is 72.2 cm³/mol. The van der Waals surface area contributed by atoms with Gasteiger partial charge in [0.2, 0.25) is 0 Å². The average Bonchev–Trinajstić information content (AvgIpc) is 2.27. The Hall–Kier alpha value is -1.29. The third-order valence-corrected chi connectivity index (χ3v) is 2.46. The average molecular weight is 237 g/mol. The standard InChI is InChI=1S/C13H23N3O/c1-10(2)17-9-5-4-8-15-13-7-6-12(14)11(3)16-13/h6-7,10H,4-5,8-9,14H2,1-3H3,(H,15,16). The third-order valence-electron chi connectivity index (χ3n) is 2.46. The van der Waals surface area contributed by atoms with Crippen molar-refractivity contribution in [2.75, 3.05) is 24.2 Å². The summed E-state index contributed by atoms with van der Waals surface area (Å²) >= 11 is 0. The van der Waals surface area contributed by atoms with Gasteiger partial charge in [-0.1, -0.05) is 0 Å². The summed E-state index contributed by atoms with van der Waals surface area (Å²) in [5, 5.41) is 3.28. The molecule has 0 atom stereocenters. The number of unbranched alkanes of at least 4 members (excludes halogenated alkanes) is 1. The van der Waals surface area contributed by atoms with Crippen LogP contribution in [-0.4, -0.2) is 24.2 Å². The number of nitrogens with zero attached hydrogens (tertiary/aromatic N) is 1. The van der Waals surface area contributed by atoms with Crippen LogP contribution in [0.4, 0.5) is 11.5 Å². The molecule has 1 rings (SSSR count). The quantitative estimate of drug-likeness (QED) is 0.716. The number of nitrogens with two attached hydrogens (primary N) is 1. The topological polar surface area (TPSA) is 60.2 Å². The van der Waals surface area contributed by atoms with Crippen molar-refractivity contribution in [2.24, 2.45) is 0 Å². The van der Waals surface area contributed by atoms with Crippen molar-refractivity contribution >= 4 is 11.5 Å². The van der Waals surface area contributed by atoms with E-state index in [0.29, 0.717) is 6.10 Å². The van der Waals surface area contributed by atoms with Crippen LogP contribution in [0.15, 0.2) is 12.1 Å². The van der Waals surface area contributed by atoms with Crippen LogP contribution in [0.2, 0.25) is 0 Å². The number of hydrogen-bond donors (Lipinski definition) is 2. The second-order valence-corrected chi connectivity index (χ2v) is 4.42. The van der Waals surface area contributed by atoms with Crippen LogP contribution >= 0.6 is 0 Å². The molecule has 0 amide bonds. The minimum atomic E-state index is 0.323. The molecule has 3 N–H and O–H groups in total. The highest BCUT2D eigenvalue weighted by Crippen LogP contribution is 2.11. The number of nitrogens with one attached hydrogen (secondary N) is 1. The van der Waals surface area contributed by atoms with Gasteiger partial charge in [-0.15, -0.1) is 0 Å². The molecule has 0 aliphatic rings. The van der Waals surface area contributed by atoms with Crippen molar-refractivity contribution in [1.82, 2.24) is 4.98 Å². The summed E-state index contributed by atoms with van der Waals surface area (Å²) in [6.45, 7) is 7.76. The van der Waals surface area contributed by atoms with E-state index in [4.69, 9.17) is 10.5 Å². The Kier molecular flexibility index (Phi) is 5.77. The Labute approximate surface area is 104 Å². The molecule has 17 heavy (non-hydrogen) atoms. The van der Waals surface area contributed by atoms with Gasteiger partial charge >= 0.3 is 0 Å². The first-order chi connectivity index (χ1) is 8.09. The minimum Gasteiger partial charge on any atom is -0.397 e. The Morgan fingerprint density at radius 1 is 1.35 bits per heavy atom. The van der Waals surface area contributed by atoms with E-state index in [1.165, 1.54) is 0 Å². The maximum atomic E-state index is 5.70. The molecule has 0 saturated carbocycles. The first kappa shape index (κ1) is 13.8. The fraction of sp³-hybridized carbons (Fsp3) is 0.615. The Morgan fingerprint density at radius 2 is 2.12 bits per heavy atom. The smallest absolute Gasteiger partial charge is 0.126 e. The van der Waals surface area contributed by atoms with Crippen LogP contribution in [0.1, 0.15) is 32.4 Å².